The summed E-state index contributed by atoms with van der Waals surface area (Å²) in [5.41, 5.74) is 17.0. The number of ether oxygens (including phenoxy) is 2. The van der Waals surface area contributed by atoms with Crippen LogP contribution in [0.1, 0.15) is 25.8 Å². The van der Waals surface area contributed by atoms with Gasteiger partial charge in [-0.3, -0.25) is 11.5 Å². The summed E-state index contributed by atoms with van der Waals surface area (Å²) in [4.78, 5) is 7.90. The van der Waals surface area contributed by atoms with Gasteiger partial charge in [0.05, 0.1) is 15.6 Å². The molecule has 6 nitrogen and oxygen atoms in total. The summed E-state index contributed by atoms with van der Waals surface area (Å²) in [6, 6.07) is 5.09. The van der Waals surface area contributed by atoms with Gasteiger partial charge in [0.15, 0.2) is 5.82 Å². The van der Waals surface area contributed by atoms with Gasteiger partial charge in [-0.1, -0.05) is 35.3 Å². The second-order valence-corrected chi connectivity index (χ2v) is 5.29. The van der Waals surface area contributed by atoms with E-state index in [0.717, 1.165) is 0 Å². The summed E-state index contributed by atoms with van der Waals surface area (Å²) in [5, 5.41) is 0.644. The zero-order valence-electron chi connectivity index (χ0n) is 12.7. The van der Waals surface area contributed by atoms with Crippen LogP contribution in [-0.2, 0) is 9.47 Å². The molecule has 23 heavy (non-hydrogen) atoms. The van der Waals surface area contributed by atoms with Crippen LogP contribution in [0.2, 0.25) is 10.0 Å². The SMILES string of the molecule is CCOC(OCC)c1nc([NH])nc([NH])c1-c1cccc(Cl)c1Cl. The first-order chi connectivity index (χ1) is 11.0. The van der Waals surface area contributed by atoms with E-state index < -0.39 is 6.29 Å². The van der Waals surface area contributed by atoms with Crippen molar-refractivity contribution in [2.45, 2.75) is 20.1 Å². The maximum absolute atomic E-state index is 8.13. The lowest BCUT2D eigenvalue weighted by atomic mass is 10.0. The number of benzene rings is 1. The number of hydrogen-bond acceptors (Lipinski definition) is 4. The topological polar surface area (TPSA) is 91.8 Å². The number of rotatable bonds is 6. The standard InChI is InChI=1S/C15H16Cl2N4O2/c1-3-22-14(23-4-2)12-10(13(18)21-15(19)20-12)8-6-5-7-9(16)11(8)17/h5-7,14,18-19H,3-4H2,1-2H3. The molecule has 0 aliphatic heterocycles. The summed E-state index contributed by atoms with van der Waals surface area (Å²) in [6.07, 6.45) is -0.814. The molecule has 122 valence electrons. The monoisotopic (exact) mass is 354 g/mol. The van der Waals surface area contributed by atoms with Crippen molar-refractivity contribution in [3.05, 3.63) is 33.9 Å². The number of aromatic nitrogens is 2. The van der Waals surface area contributed by atoms with E-state index in [1.165, 1.54) is 0 Å². The Morgan fingerprint density at radius 3 is 2.35 bits per heavy atom. The summed E-state index contributed by atoms with van der Waals surface area (Å²) in [7, 11) is 0. The van der Waals surface area contributed by atoms with Crippen molar-refractivity contribution in [3.8, 4) is 11.1 Å². The van der Waals surface area contributed by atoms with Crippen LogP contribution in [0, 0.1) is 0 Å². The molecule has 0 saturated carbocycles. The van der Waals surface area contributed by atoms with Gasteiger partial charge in [0.25, 0.3) is 0 Å². The maximum Gasteiger partial charge on any atom is 0.244 e. The first-order valence-corrected chi connectivity index (χ1v) is 7.77. The highest BCUT2D eigenvalue weighted by Gasteiger charge is 2.25. The maximum atomic E-state index is 8.13. The van der Waals surface area contributed by atoms with Gasteiger partial charge in [-0.15, -0.1) is 0 Å². The van der Waals surface area contributed by atoms with Gasteiger partial charge in [-0.25, -0.2) is 4.98 Å². The fraction of sp³-hybridized carbons (Fsp3) is 0.333. The second kappa shape index (κ2) is 7.79. The van der Waals surface area contributed by atoms with Gasteiger partial charge in [0, 0.05) is 18.8 Å². The smallest absolute Gasteiger partial charge is 0.244 e. The molecule has 0 aliphatic rings. The number of nitrogens with zero attached hydrogens (tertiary/aromatic N) is 2. The lowest BCUT2D eigenvalue weighted by molar-refractivity contribution is -0.142. The van der Waals surface area contributed by atoms with Crippen molar-refractivity contribution >= 4 is 35.0 Å². The number of halogens is 2. The van der Waals surface area contributed by atoms with E-state index >= 15 is 0 Å². The average Bonchev–Trinajstić information content (AvgIpc) is 2.50. The normalized spacial score (nSPS) is 11.2. The Morgan fingerprint density at radius 2 is 1.74 bits per heavy atom. The predicted molar refractivity (Wildman–Crippen MR) is 89.0 cm³/mol. The van der Waals surface area contributed by atoms with Crippen molar-refractivity contribution in [2.24, 2.45) is 0 Å². The third-order valence-corrected chi connectivity index (χ3v) is 3.84. The van der Waals surface area contributed by atoms with Gasteiger partial charge >= 0.3 is 0 Å². The molecule has 0 spiro atoms. The van der Waals surface area contributed by atoms with Crippen LogP contribution in [0.25, 0.3) is 11.1 Å². The van der Waals surface area contributed by atoms with E-state index in [0.29, 0.717) is 35.1 Å². The fourth-order valence-corrected chi connectivity index (χ4v) is 2.51. The highest BCUT2D eigenvalue weighted by molar-refractivity contribution is 6.43. The van der Waals surface area contributed by atoms with Crippen LogP contribution in [0.3, 0.4) is 0 Å². The van der Waals surface area contributed by atoms with Crippen LogP contribution < -0.4 is 11.5 Å². The molecule has 0 bridgehead atoms. The Kier molecular flexibility index (Phi) is 6.01. The molecule has 0 amide bonds. The summed E-state index contributed by atoms with van der Waals surface area (Å²) >= 11 is 12.3. The Labute approximate surface area is 144 Å². The molecule has 1 aromatic heterocycles. The summed E-state index contributed by atoms with van der Waals surface area (Å²) in [5.74, 6) is -0.412. The van der Waals surface area contributed by atoms with E-state index in [1.807, 2.05) is 13.8 Å². The molecular weight excluding hydrogens is 339 g/mol. The zero-order chi connectivity index (χ0) is 17.0. The predicted octanol–water partition coefficient (Wildman–Crippen LogP) is 4.35. The van der Waals surface area contributed by atoms with Crippen LogP contribution >= 0.6 is 23.2 Å². The Hall–Kier alpha value is -1.60. The van der Waals surface area contributed by atoms with Gasteiger partial charge in [0.2, 0.25) is 12.2 Å². The summed E-state index contributed by atoms with van der Waals surface area (Å²) in [6.45, 7) is 4.42. The second-order valence-electron chi connectivity index (χ2n) is 4.50. The highest BCUT2D eigenvalue weighted by Crippen LogP contribution is 2.40. The molecule has 2 radical (unpaired) electrons. The molecule has 0 atom stereocenters. The molecule has 2 rings (SSSR count). The largest absolute Gasteiger partial charge is 0.347 e. The minimum Gasteiger partial charge on any atom is -0.347 e. The van der Waals surface area contributed by atoms with E-state index in [1.54, 1.807) is 18.2 Å². The van der Waals surface area contributed by atoms with E-state index in [2.05, 4.69) is 9.97 Å². The average molecular weight is 355 g/mol. The van der Waals surface area contributed by atoms with Crippen molar-refractivity contribution in [1.29, 1.82) is 0 Å². The van der Waals surface area contributed by atoms with Crippen molar-refractivity contribution in [3.63, 3.8) is 0 Å². The summed E-state index contributed by atoms with van der Waals surface area (Å²) < 4.78 is 11.1. The van der Waals surface area contributed by atoms with Crippen LogP contribution in [0.4, 0.5) is 11.8 Å². The number of nitrogens with one attached hydrogen (secondary N) is 2. The van der Waals surface area contributed by atoms with Crippen LogP contribution in [-0.4, -0.2) is 23.2 Å². The highest BCUT2D eigenvalue weighted by atomic mass is 35.5. The third-order valence-electron chi connectivity index (χ3n) is 3.02. The van der Waals surface area contributed by atoms with E-state index in [4.69, 9.17) is 44.1 Å². The molecule has 0 aliphatic carbocycles. The quantitative estimate of drug-likeness (QED) is 0.720. The first-order valence-electron chi connectivity index (χ1n) is 7.02. The lowest BCUT2D eigenvalue weighted by Crippen LogP contribution is -2.13. The van der Waals surface area contributed by atoms with E-state index in [-0.39, 0.29) is 16.8 Å². The molecule has 0 saturated heterocycles. The minimum atomic E-state index is -0.814. The first kappa shape index (κ1) is 17.7. The molecule has 1 heterocycles. The van der Waals surface area contributed by atoms with Crippen molar-refractivity contribution in [2.75, 3.05) is 13.2 Å². The zero-order valence-corrected chi connectivity index (χ0v) is 14.2. The minimum absolute atomic E-state index is 0.131. The molecule has 1 aromatic carbocycles. The number of hydrogen-bond donors (Lipinski definition) is 0. The Balaban J connectivity index is 2.69. The van der Waals surface area contributed by atoms with Gasteiger partial charge in [-0.05, 0) is 19.9 Å². The lowest BCUT2D eigenvalue weighted by Gasteiger charge is -2.20. The van der Waals surface area contributed by atoms with Gasteiger partial charge in [0.1, 0.15) is 5.69 Å². The molecule has 0 unspecified atom stereocenters. The van der Waals surface area contributed by atoms with Crippen molar-refractivity contribution < 1.29 is 9.47 Å². The van der Waals surface area contributed by atoms with Gasteiger partial charge in [-0.2, -0.15) is 4.98 Å². The fourth-order valence-electron chi connectivity index (χ4n) is 2.12. The van der Waals surface area contributed by atoms with E-state index in [9.17, 15) is 0 Å². The molecule has 2 N–H and O–H groups in total. The Bertz CT molecular complexity index is 691. The molecular formula is C15H16Cl2N4O2. The molecule has 0 fully saturated rings. The van der Waals surface area contributed by atoms with Gasteiger partial charge < -0.3 is 9.47 Å². The Morgan fingerprint density at radius 1 is 1.09 bits per heavy atom. The molecule has 2 aromatic rings. The van der Waals surface area contributed by atoms with Crippen LogP contribution in [0.5, 0.6) is 0 Å². The van der Waals surface area contributed by atoms with Crippen LogP contribution in [0.15, 0.2) is 18.2 Å². The van der Waals surface area contributed by atoms with Crippen molar-refractivity contribution in [1.82, 2.24) is 21.4 Å². The molecule has 8 heteroatoms. The third kappa shape index (κ3) is 3.84.